The van der Waals surface area contributed by atoms with Crippen LogP contribution in [0.4, 0.5) is 0 Å². The lowest BCUT2D eigenvalue weighted by Gasteiger charge is -2.12. The van der Waals surface area contributed by atoms with Gasteiger partial charge in [-0.3, -0.25) is 0 Å². The van der Waals surface area contributed by atoms with Crippen LogP contribution in [-0.4, -0.2) is 13.7 Å². The van der Waals surface area contributed by atoms with Gasteiger partial charge in [-0.1, -0.05) is 47.7 Å². The normalized spacial score (nSPS) is 11.4. The van der Waals surface area contributed by atoms with Crippen molar-refractivity contribution in [3.8, 4) is 17.6 Å². The van der Waals surface area contributed by atoms with E-state index < -0.39 is 0 Å². The summed E-state index contributed by atoms with van der Waals surface area (Å²) in [7, 11) is 1.92. The minimum atomic E-state index is 0.259. The molecule has 2 nitrogen and oxygen atoms in total. The first kappa shape index (κ1) is 15.4. The number of benzene rings is 2. The van der Waals surface area contributed by atoms with E-state index in [1.807, 2.05) is 55.6 Å². The van der Waals surface area contributed by atoms with Gasteiger partial charge in [0.15, 0.2) is 0 Å². The zero-order chi connectivity index (χ0) is 15.1. The molecule has 0 aliphatic rings. The molecule has 0 spiro atoms. The third kappa shape index (κ3) is 4.53. The second-order valence-electron chi connectivity index (χ2n) is 4.66. The highest BCUT2D eigenvalue weighted by molar-refractivity contribution is 6.32. The Bertz CT molecular complexity index is 643. The molecule has 0 saturated heterocycles. The monoisotopic (exact) mass is 299 g/mol. The average Bonchev–Trinajstić information content (AvgIpc) is 2.53. The van der Waals surface area contributed by atoms with Crippen LogP contribution in [0.15, 0.2) is 48.5 Å². The Hall–Kier alpha value is -1.95. The molecule has 0 saturated carbocycles. The Morgan fingerprint density at radius 2 is 1.95 bits per heavy atom. The lowest BCUT2D eigenvalue weighted by atomic mass is 10.1. The largest absolute Gasteiger partial charge is 0.479 e. The summed E-state index contributed by atoms with van der Waals surface area (Å²) in [5.41, 5.74) is 2.11. The predicted molar refractivity (Wildman–Crippen MR) is 87.7 cm³/mol. The molecule has 0 aromatic heterocycles. The molecular weight excluding hydrogens is 282 g/mol. The molecular formula is C18H18ClNO. The highest BCUT2D eigenvalue weighted by Gasteiger charge is 2.06. The van der Waals surface area contributed by atoms with E-state index in [9.17, 15) is 0 Å². The number of rotatable bonds is 4. The van der Waals surface area contributed by atoms with Crippen molar-refractivity contribution in [3.05, 3.63) is 64.7 Å². The van der Waals surface area contributed by atoms with Crippen LogP contribution in [0.25, 0.3) is 0 Å². The summed E-state index contributed by atoms with van der Waals surface area (Å²) in [4.78, 5) is 0. The fourth-order valence-corrected chi connectivity index (χ4v) is 2.09. The number of hydrogen-bond acceptors (Lipinski definition) is 2. The number of hydrogen-bond donors (Lipinski definition) is 1. The molecule has 0 heterocycles. The van der Waals surface area contributed by atoms with Crippen LogP contribution >= 0.6 is 11.6 Å². The highest BCUT2D eigenvalue weighted by atomic mass is 35.5. The third-order valence-electron chi connectivity index (χ3n) is 3.20. The maximum atomic E-state index is 6.23. The first-order valence-corrected chi connectivity index (χ1v) is 7.22. The SMILES string of the molecule is CNC(C)c1ccc(OCC#Cc2ccccc2)c(Cl)c1. The van der Waals surface area contributed by atoms with Gasteiger partial charge in [0.1, 0.15) is 12.4 Å². The van der Waals surface area contributed by atoms with Crippen LogP contribution in [0.3, 0.4) is 0 Å². The summed E-state index contributed by atoms with van der Waals surface area (Å²) in [5, 5.41) is 3.78. The van der Waals surface area contributed by atoms with Crippen molar-refractivity contribution in [2.75, 3.05) is 13.7 Å². The molecule has 2 aromatic carbocycles. The Kier molecular flexibility index (Phi) is 5.68. The van der Waals surface area contributed by atoms with Gasteiger partial charge < -0.3 is 10.1 Å². The standard InChI is InChI=1S/C18H18ClNO/c1-14(20-2)16-10-11-18(17(19)13-16)21-12-6-9-15-7-4-3-5-8-15/h3-5,7-8,10-11,13-14,20H,12H2,1-2H3. The maximum Gasteiger partial charge on any atom is 0.149 e. The molecule has 2 rings (SSSR count). The van der Waals surface area contributed by atoms with Crippen molar-refractivity contribution >= 4 is 11.6 Å². The molecule has 2 aromatic rings. The smallest absolute Gasteiger partial charge is 0.149 e. The average molecular weight is 300 g/mol. The van der Waals surface area contributed by atoms with Crippen molar-refractivity contribution in [1.82, 2.24) is 5.32 Å². The Morgan fingerprint density at radius 1 is 1.19 bits per heavy atom. The molecule has 0 amide bonds. The van der Waals surface area contributed by atoms with Crippen LogP contribution in [0, 0.1) is 11.8 Å². The molecule has 0 aliphatic heterocycles. The minimum absolute atomic E-state index is 0.259. The molecule has 0 aliphatic carbocycles. The molecule has 21 heavy (non-hydrogen) atoms. The lowest BCUT2D eigenvalue weighted by molar-refractivity contribution is 0.370. The van der Waals surface area contributed by atoms with Crippen LogP contribution in [0.5, 0.6) is 5.75 Å². The molecule has 1 atom stereocenters. The maximum absolute atomic E-state index is 6.23. The molecule has 0 radical (unpaired) electrons. The Morgan fingerprint density at radius 3 is 2.62 bits per heavy atom. The zero-order valence-corrected chi connectivity index (χ0v) is 12.9. The summed E-state index contributed by atoms with van der Waals surface area (Å²) in [6.07, 6.45) is 0. The van der Waals surface area contributed by atoms with Gasteiger partial charge in [0, 0.05) is 11.6 Å². The predicted octanol–water partition coefficient (Wildman–Crippen LogP) is 4.05. The van der Waals surface area contributed by atoms with E-state index in [0.29, 0.717) is 17.4 Å². The fraction of sp³-hybridized carbons (Fsp3) is 0.222. The highest BCUT2D eigenvalue weighted by Crippen LogP contribution is 2.27. The van der Waals surface area contributed by atoms with Crippen LogP contribution in [0.2, 0.25) is 5.02 Å². The van der Waals surface area contributed by atoms with E-state index in [1.54, 1.807) is 0 Å². The first-order valence-electron chi connectivity index (χ1n) is 6.84. The topological polar surface area (TPSA) is 21.3 Å². The van der Waals surface area contributed by atoms with E-state index in [-0.39, 0.29) is 6.04 Å². The summed E-state index contributed by atoms with van der Waals surface area (Å²) in [6.45, 7) is 2.40. The van der Waals surface area contributed by atoms with Crippen molar-refractivity contribution in [2.45, 2.75) is 13.0 Å². The van der Waals surface area contributed by atoms with Crippen LogP contribution in [-0.2, 0) is 0 Å². The Balaban J connectivity index is 1.97. The Labute approximate surface area is 131 Å². The van der Waals surface area contributed by atoms with E-state index in [0.717, 1.165) is 11.1 Å². The van der Waals surface area contributed by atoms with E-state index >= 15 is 0 Å². The number of nitrogens with one attached hydrogen (secondary N) is 1. The van der Waals surface area contributed by atoms with Crippen molar-refractivity contribution in [3.63, 3.8) is 0 Å². The van der Waals surface area contributed by atoms with Gasteiger partial charge in [-0.15, -0.1) is 0 Å². The molecule has 1 unspecified atom stereocenters. The molecule has 1 N–H and O–H groups in total. The zero-order valence-electron chi connectivity index (χ0n) is 12.2. The lowest BCUT2D eigenvalue weighted by Crippen LogP contribution is -2.12. The number of halogens is 1. The second kappa shape index (κ2) is 7.73. The van der Waals surface area contributed by atoms with Gasteiger partial charge >= 0.3 is 0 Å². The van der Waals surface area contributed by atoms with E-state index in [1.165, 1.54) is 0 Å². The van der Waals surface area contributed by atoms with Crippen LogP contribution in [0.1, 0.15) is 24.1 Å². The first-order chi connectivity index (χ1) is 10.2. The van der Waals surface area contributed by atoms with Gasteiger partial charge in [-0.25, -0.2) is 0 Å². The second-order valence-corrected chi connectivity index (χ2v) is 5.06. The number of ether oxygens (including phenoxy) is 1. The van der Waals surface area contributed by atoms with Gasteiger partial charge in [0.05, 0.1) is 5.02 Å². The molecule has 0 fully saturated rings. The molecule has 3 heteroatoms. The molecule has 108 valence electrons. The van der Waals surface area contributed by atoms with Gasteiger partial charge in [0.25, 0.3) is 0 Å². The summed E-state index contributed by atoms with van der Waals surface area (Å²) in [5.74, 6) is 6.69. The fourth-order valence-electron chi connectivity index (χ4n) is 1.84. The van der Waals surface area contributed by atoms with Crippen molar-refractivity contribution < 1.29 is 4.74 Å². The van der Waals surface area contributed by atoms with E-state index in [4.69, 9.17) is 16.3 Å². The van der Waals surface area contributed by atoms with Gasteiger partial charge in [-0.05, 0) is 43.8 Å². The summed E-state index contributed by atoms with van der Waals surface area (Å²) < 4.78 is 5.60. The minimum Gasteiger partial charge on any atom is -0.479 e. The van der Waals surface area contributed by atoms with Crippen molar-refractivity contribution in [1.29, 1.82) is 0 Å². The third-order valence-corrected chi connectivity index (χ3v) is 3.49. The van der Waals surface area contributed by atoms with Gasteiger partial charge in [-0.2, -0.15) is 0 Å². The van der Waals surface area contributed by atoms with Gasteiger partial charge in [0.2, 0.25) is 0 Å². The van der Waals surface area contributed by atoms with Crippen molar-refractivity contribution in [2.24, 2.45) is 0 Å². The summed E-state index contributed by atoms with van der Waals surface area (Å²) in [6, 6.07) is 15.9. The summed E-state index contributed by atoms with van der Waals surface area (Å²) >= 11 is 6.23. The van der Waals surface area contributed by atoms with Crippen LogP contribution < -0.4 is 10.1 Å². The molecule has 0 bridgehead atoms. The van der Waals surface area contributed by atoms with E-state index in [2.05, 4.69) is 24.1 Å². The quantitative estimate of drug-likeness (QED) is 0.860.